The maximum absolute atomic E-state index is 12.0. The summed E-state index contributed by atoms with van der Waals surface area (Å²) in [5.74, 6) is -0.223. The number of hydrogen-bond donors (Lipinski definition) is 1. The van der Waals surface area contributed by atoms with Crippen LogP contribution in [0.4, 0.5) is 13.2 Å². The number of hydrogen-bond acceptors (Lipinski definition) is 3. The van der Waals surface area contributed by atoms with Gasteiger partial charge < -0.3 is 15.2 Å². The minimum Gasteiger partial charge on any atom is -0.406 e. The van der Waals surface area contributed by atoms with E-state index in [1.807, 2.05) is 0 Å². The Labute approximate surface area is 109 Å². The zero-order chi connectivity index (χ0) is 13.9. The van der Waals surface area contributed by atoms with Crippen LogP contribution >= 0.6 is 0 Å². The lowest BCUT2D eigenvalue weighted by atomic mass is 10.2. The van der Waals surface area contributed by atoms with Gasteiger partial charge in [0, 0.05) is 6.04 Å². The first-order valence-electron chi connectivity index (χ1n) is 6.14. The van der Waals surface area contributed by atoms with E-state index in [1.165, 1.54) is 12.1 Å². The first-order chi connectivity index (χ1) is 8.92. The van der Waals surface area contributed by atoms with E-state index in [9.17, 15) is 13.2 Å². The molecule has 0 saturated heterocycles. The van der Waals surface area contributed by atoms with Gasteiger partial charge in [0.05, 0.1) is 12.7 Å². The highest BCUT2D eigenvalue weighted by Crippen LogP contribution is 2.24. The van der Waals surface area contributed by atoms with Crippen molar-refractivity contribution in [2.24, 2.45) is 5.73 Å². The average Bonchev–Trinajstić information content (AvgIpc) is 2.72. The molecular weight excluding hydrogens is 259 g/mol. The Morgan fingerprint density at radius 1 is 1.16 bits per heavy atom. The van der Waals surface area contributed by atoms with Crippen LogP contribution in [-0.2, 0) is 11.3 Å². The molecule has 1 aliphatic carbocycles. The summed E-state index contributed by atoms with van der Waals surface area (Å²) in [6.45, 7) is 0.379. The van der Waals surface area contributed by atoms with Crippen LogP contribution in [0.3, 0.4) is 0 Å². The van der Waals surface area contributed by atoms with Crippen LogP contribution in [0.2, 0.25) is 0 Å². The molecule has 0 bridgehead atoms. The van der Waals surface area contributed by atoms with Crippen LogP contribution in [0.1, 0.15) is 24.8 Å². The highest BCUT2D eigenvalue weighted by Gasteiger charge is 2.31. The molecule has 1 aromatic carbocycles. The molecule has 2 N–H and O–H groups in total. The van der Waals surface area contributed by atoms with Crippen LogP contribution < -0.4 is 10.5 Å². The summed E-state index contributed by atoms with van der Waals surface area (Å²) >= 11 is 0. The molecule has 2 unspecified atom stereocenters. The fraction of sp³-hybridized carbons (Fsp3) is 0.538. The molecule has 1 aliphatic rings. The molecular formula is C13H16F3NO2. The van der Waals surface area contributed by atoms with E-state index in [1.54, 1.807) is 12.1 Å². The third kappa shape index (κ3) is 4.72. The molecule has 2 atom stereocenters. The van der Waals surface area contributed by atoms with Gasteiger partial charge in [-0.3, -0.25) is 0 Å². The molecule has 0 aliphatic heterocycles. The predicted molar refractivity (Wildman–Crippen MR) is 63.5 cm³/mol. The van der Waals surface area contributed by atoms with Gasteiger partial charge in [0.25, 0.3) is 0 Å². The Hall–Kier alpha value is -1.27. The monoisotopic (exact) mass is 275 g/mol. The van der Waals surface area contributed by atoms with E-state index < -0.39 is 6.36 Å². The molecule has 1 fully saturated rings. The fourth-order valence-electron chi connectivity index (χ4n) is 2.13. The molecule has 1 aromatic rings. The quantitative estimate of drug-likeness (QED) is 0.918. The highest BCUT2D eigenvalue weighted by atomic mass is 19.4. The molecule has 2 rings (SSSR count). The van der Waals surface area contributed by atoms with Gasteiger partial charge in [-0.15, -0.1) is 13.2 Å². The zero-order valence-electron chi connectivity index (χ0n) is 10.3. The zero-order valence-corrected chi connectivity index (χ0v) is 10.3. The van der Waals surface area contributed by atoms with Gasteiger partial charge in [-0.25, -0.2) is 0 Å². The number of nitrogens with two attached hydrogens (primary N) is 1. The molecule has 6 heteroatoms. The van der Waals surface area contributed by atoms with E-state index in [-0.39, 0.29) is 17.9 Å². The van der Waals surface area contributed by atoms with E-state index in [2.05, 4.69) is 4.74 Å². The molecule has 0 spiro atoms. The SMILES string of the molecule is NC1CCC(OCc2ccc(OC(F)(F)F)cc2)C1. The van der Waals surface area contributed by atoms with Crippen LogP contribution in [0, 0.1) is 0 Å². The van der Waals surface area contributed by atoms with Crippen molar-refractivity contribution in [3.05, 3.63) is 29.8 Å². The highest BCUT2D eigenvalue weighted by molar-refractivity contribution is 5.27. The minimum absolute atomic E-state index is 0.154. The van der Waals surface area contributed by atoms with Crippen molar-refractivity contribution in [1.29, 1.82) is 0 Å². The number of alkyl halides is 3. The van der Waals surface area contributed by atoms with Crippen molar-refractivity contribution in [2.75, 3.05) is 0 Å². The van der Waals surface area contributed by atoms with Gasteiger partial charge in [-0.2, -0.15) is 0 Å². The lowest BCUT2D eigenvalue weighted by Crippen LogP contribution is -2.17. The fourth-order valence-corrected chi connectivity index (χ4v) is 2.13. The molecule has 0 heterocycles. The van der Waals surface area contributed by atoms with Gasteiger partial charge in [0.1, 0.15) is 5.75 Å². The van der Waals surface area contributed by atoms with Crippen molar-refractivity contribution >= 4 is 0 Å². The second-order valence-electron chi connectivity index (χ2n) is 4.70. The molecule has 0 radical (unpaired) electrons. The summed E-state index contributed by atoms with van der Waals surface area (Å²) in [7, 11) is 0. The summed E-state index contributed by atoms with van der Waals surface area (Å²) in [5.41, 5.74) is 6.58. The summed E-state index contributed by atoms with van der Waals surface area (Å²) < 4.78 is 45.4. The van der Waals surface area contributed by atoms with Crippen LogP contribution in [-0.4, -0.2) is 18.5 Å². The minimum atomic E-state index is -4.65. The average molecular weight is 275 g/mol. The van der Waals surface area contributed by atoms with Crippen molar-refractivity contribution in [1.82, 2.24) is 0 Å². The lowest BCUT2D eigenvalue weighted by molar-refractivity contribution is -0.274. The predicted octanol–water partition coefficient (Wildman–Crippen LogP) is 2.98. The van der Waals surface area contributed by atoms with E-state index in [0.717, 1.165) is 24.8 Å². The number of halogens is 3. The molecule has 3 nitrogen and oxygen atoms in total. The number of ether oxygens (including phenoxy) is 2. The Balaban J connectivity index is 1.82. The molecule has 0 aromatic heterocycles. The summed E-state index contributed by atoms with van der Waals surface area (Å²) in [6.07, 6.45) is -1.76. The van der Waals surface area contributed by atoms with Crippen molar-refractivity contribution in [3.8, 4) is 5.75 Å². The van der Waals surface area contributed by atoms with Crippen LogP contribution in [0.5, 0.6) is 5.75 Å². The Bertz CT molecular complexity index is 405. The van der Waals surface area contributed by atoms with Crippen molar-refractivity contribution < 1.29 is 22.6 Å². The Morgan fingerprint density at radius 2 is 1.84 bits per heavy atom. The standard InChI is InChI=1S/C13H16F3NO2/c14-13(15,16)19-11-4-1-9(2-5-11)8-18-12-6-3-10(17)7-12/h1-2,4-5,10,12H,3,6-8,17H2. The molecule has 1 saturated carbocycles. The normalized spacial score (nSPS) is 23.6. The molecule has 106 valence electrons. The Morgan fingerprint density at radius 3 is 2.37 bits per heavy atom. The van der Waals surface area contributed by atoms with Crippen molar-refractivity contribution in [2.45, 2.75) is 44.4 Å². The maximum Gasteiger partial charge on any atom is 0.573 e. The molecule has 0 amide bonds. The van der Waals surface area contributed by atoms with E-state index in [4.69, 9.17) is 10.5 Å². The van der Waals surface area contributed by atoms with E-state index in [0.29, 0.717) is 6.61 Å². The van der Waals surface area contributed by atoms with E-state index >= 15 is 0 Å². The smallest absolute Gasteiger partial charge is 0.406 e. The number of rotatable bonds is 4. The maximum atomic E-state index is 12.0. The van der Waals surface area contributed by atoms with Gasteiger partial charge in [0.2, 0.25) is 0 Å². The van der Waals surface area contributed by atoms with Gasteiger partial charge >= 0.3 is 6.36 Å². The largest absolute Gasteiger partial charge is 0.573 e. The summed E-state index contributed by atoms with van der Waals surface area (Å²) in [6, 6.07) is 5.90. The Kier molecular flexibility index (Phi) is 4.31. The first kappa shape index (κ1) is 14.1. The van der Waals surface area contributed by atoms with Gasteiger partial charge in [-0.1, -0.05) is 12.1 Å². The van der Waals surface area contributed by atoms with Gasteiger partial charge in [-0.05, 0) is 37.0 Å². The summed E-state index contributed by atoms with van der Waals surface area (Å²) in [5, 5.41) is 0. The number of benzene rings is 1. The topological polar surface area (TPSA) is 44.5 Å². The summed E-state index contributed by atoms with van der Waals surface area (Å²) in [4.78, 5) is 0. The first-order valence-corrected chi connectivity index (χ1v) is 6.14. The van der Waals surface area contributed by atoms with Crippen molar-refractivity contribution in [3.63, 3.8) is 0 Å². The third-order valence-electron chi connectivity index (χ3n) is 3.07. The second-order valence-corrected chi connectivity index (χ2v) is 4.70. The molecule has 19 heavy (non-hydrogen) atoms. The van der Waals surface area contributed by atoms with Crippen LogP contribution in [0.15, 0.2) is 24.3 Å². The third-order valence-corrected chi connectivity index (χ3v) is 3.07. The second kappa shape index (κ2) is 5.79. The van der Waals surface area contributed by atoms with Gasteiger partial charge in [0.15, 0.2) is 0 Å². The lowest BCUT2D eigenvalue weighted by Gasteiger charge is -2.12. The van der Waals surface area contributed by atoms with Crippen LogP contribution in [0.25, 0.3) is 0 Å².